The van der Waals surface area contributed by atoms with Crippen LogP contribution in [-0.4, -0.2) is 46.7 Å². The monoisotopic (exact) mass is 384 g/mol. The zero-order chi connectivity index (χ0) is 14.8. The molecule has 0 aliphatic carbocycles. The van der Waals surface area contributed by atoms with Gasteiger partial charge in [0.15, 0.2) is 0 Å². The van der Waals surface area contributed by atoms with E-state index in [4.69, 9.17) is 0 Å². The van der Waals surface area contributed by atoms with Crippen LogP contribution in [-0.2, 0) is 0 Å². The quantitative estimate of drug-likeness (QED) is 0.835. The average molecular weight is 386 g/mol. The molecule has 0 bridgehead atoms. The molecule has 0 saturated carbocycles. The third-order valence-corrected chi connectivity index (χ3v) is 4.24. The molecule has 0 unspecified atom stereocenters. The number of nitrogens with zero attached hydrogens (tertiary/aromatic N) is 2. The standard InChI is InChI=1S/C15H17BrN4O.ClH/c1-10-9-17-6-7-20(10)15(21)14-8-13(18-19-14)11-2-4-12(16)5-3-11;/h2-5,8,10,17H,6-7,9H2,1H3,(H,18,19);1H/t10-;/m0./s1. The first kappa shape index (κ1) is 17.0. The van der Waals surface area contributed by atoms with Crippen molar-refractivity contribution in [3.63, 3.8) is 0 Å². The summed E-state index contributed by atoms with van der Waals surface area (Å²) in [6.45, 7) is 4.45. The molecule has 2 N–H and O–H groups in total. The van der Waals surface area contributed by atoms with Crippen LogP contribution < -0.4 is 5.32 Å². The minimum atomic E-state index is 0. The molecule has 1 aliphatic rings. The number of hydrogen-bond acceptors (Lipinski definition) is 3. The molecular weight excluding hydrogens is 368 g/mol. The Hall–Kier alpha value is -1.37. The zero-order valence-electron chi connectivity index (χ0n) is 12.2. The number of carbonyl (C=O) groups excluding carboxylic acids is 1. The SMILES string of the molecule is C[C@H]1CNCCN1C(=O)c1cc(-c2ccc(Br)cc2)n[nH]1.Cl. The highest BCUT2D eigenvalue weighted by molar-refractivity contribution is 9.10. The van der Waals surface area contributed by atoms with Gasteiger partial charge in [-0.2, -0.15) is 5.10 Å². The summed E-state index contributed by atoms with van der Waals surface area (Å²) < 4.78 is 1.02. The van der Waals surface area contributed by atoms with Gasteiger partial charge in [0.25, 0.3) is 5.91 Å². The largest absolute Gasteiger partial charge is 0.332 e. The predicted octanol–water partition coefficient (Wildman–Crippen LogP) is 2.69. The van der Waals surface area contributed by atoms with E-state index in [1.807, 2.05) is 35.2 Å². The molecule has 118 valence electrons. The van der Waals surface area contributed by atoms with Crippen molar-refractivity contribution in [2.24, 2.45) is 0 Å². The minimum Gasteiger partial charge on any atom is -0.332 e. The molecule has 0 radical (unpaired) electrons. The fourth-order valence-corrected chi connectivity index (χ4v) is 2.76. The van der Waals surface area contributed by atoms with Gasteiger partial charge in [0.05, 0.1) is 5.69 Å². The van der Waals surface area contributed by atoms with Crippen molar-refractivity contribution in [3.8, 4) is 11.3 Å². The Labute approximate surface area is 144 Å². The number of hydrogen-bond donors (Lipinski definition) is 2. The molecule has 1 amide bonds. The molecule has 7 heteroatoms. The topological polar surface area (TPSA) is 61.0 Å². The van der Waals surface area contributed by atoms with E-state index in [0.717, 1.165) is 35.4 Å². The van der Waals surface area contributed by atoms with Crippen LogP contribution in [0.4, 0.5) is 0 Å². The van der Waals surface area contributed by atoms with Crippen molar-refractivity contribution in [1.29, 1.82) is 0 Å². The average Bonchev–Trinajstić information content (AvgIpc) is 2.98. The van der Waals surface area contributed by atoms with Crippen LogP contribution in [0.1, 0.15) is 17.4 Å². The van der Waals surface area contributed by atoms with Crippen LogP contribution in [0, 0.1) is 0 Å². The highest BCUT2D eigenvalue weighted by Crippen LogP contribution is 2.21. The van der Waals surface area contributed by atoms with E-state index in [1.54, 1.807) is 0 Å². The second-order valence-corrected chi connectivity index (χ2v) is 6.14. The molecule has 1 saturated heterocycles. The number of piperazine rings is 1. The summed E-state index contributed by atoms with van der Waals surface area (Å²) in [6.07, 6.45) is 0. The Morgan fingerprint density at radius 3 is 2.77 bits per heavy atom. The van der Waals surface area contributed by atoms with E-state index < -0.39 is 0 Å². The van der Waals surface area contributed by atoms with E-state index in [9.17, 15) is 4.79 Å². The zero-order valence-corrected chi connectivity index (χ0v) is 14.6. The molecule has 1 fully saturated rings. The van der Waals surface area contributed by atoms with Crippen molar-refractivity contribution in [2.45, 2.75) is 13.0 Å². The number of H-pyrrole nitrogens is 1. The number of amides is 1. The molecule has 22 heavy (non-hydrogen) atoms. The predicted molar refractivity (Wildman–Crippen MR) is 92.3 cm³/mol. The first-order valence-corrected chi connectivity index (χ1v) is 7.77. The van der Waals surface area contributed by atoms with E-state index in [0.29, 0.717) is 5.69 Å². The van der Waals surface area contributed by atoms with Crippen LogP contribution >= 0.6 is 28.3 Å². The number of aromatic amines is 1. The number of halogens is 2. The van der Waals surface area contributed by atoms with Crippen LogP contribution in [0.25, 0.3) is 11.3 Å². The second-order valence-electron chi connectivity index (χ2n) is 5.23. The van der Waals surface area contributed by atoms with Crippen LogP contribution in [0.2, 0.25) is 0 Å². The lowest BCUT2D eigenvalue weighted by Crippen LogP contribution is -2.52. The smallest absolute Gasteiger partial charge is 0.272 e. The molecule has 2 heterocycles. The lowest BCUT2D eigenvalue weighted by molar-refractivity contribution is 0.0649. The summed E-state index contributed by atoms with van der Waals surface area (Å²) >= 11 is 3.41. The van der Waals surface area contributed by atoms with Crippen LogP contribution in [0.3, 0.4) is 0 Å². The van der Waals surface area contributed by atoms with Gasteiger partial charge in [-0.05, 0) is 25.1 Å². The molecule has 1 atom stereocenters. The number of nitrogens with one attached hydrogen (secondary N) is 2. The van der Waals surface area contributed by atoms with E-state index in [-0.39, 0.29) is 24.4 Å². The summed E-state index contributed by atoms with van der Waals surface area (Å²) in [5.41, 5.74) is 2.32. The molecular formula is C15H18BrClN4O. The third-order valence-electron chi connectivity index (χ3n) is 3.71. The maximum atomic E-state index is 12.5. The van der Waals surface area contributed by atoms with Crippen molar-refractivity contribution >= 4 is 34.2 Å². The summed E-state index contributed by atoms with van der Waals surface area (Å²) in [4.78, 5) is 14.4. The van der Waals surface area contributed by atoms with Gasteiger partial charge in [0, 0.05) is 35.7 Å². The molecule has 2 aromatic rings. The highest BCUT2D eigenvalue weighted by atomic mass is 79.9. The maximum Gasteiger partial charge on any atom is 0.272 e. The van der Waals surface area contributed by atoms with Gasteiger partial charge >= 0.3 is 0 Å². The van der Waals surface area contributed by atoms with Crippen LogP contribution in [0.5, 0.6) is 0 Å². The normalized spacial score (nSPS) is 17.9. The summed E-state index contributed by atoms with van der Waals surface area (Å²) in [5, 5.41) is 10.4. The lowest BCUT2D eigenvalue weighted by Gasteiger charge is -2.33. The van der Waals surface area contributed by atoms with E-state index in [2.05, 4.69) is 38.4 Å². The molecule has 3 rings (SSSR count). The number of rotatable bonds is 2. The second kappa shape index (κ2) is 7.26. The molecule has 1 aromatic heterocycles. The van der Waals surface area contributed by atoms with Gasteiger partial charge in [-0.15, -0.1) is 12.4 Å². The molecule has 0 spiro atoms. The first-order chi connectivity index (χ1) is 10.1. The number of aromatic nitrogens is 2. The Balaban J connectivity index is 0.00000176. The van der Waals surface area contributed by atoms with Gasteiger partial charge in [-0.1, -0.05) is 28.1 Å². The summed E-state index contributed by atoms with van der Waals surface area (Å²) in [7, 11) is 0. The minimum absolute atomic E-state index is 0. The summed E-state index contributed by atoms with van der Waals surface area (Å²) in [5.74, 6) is 0.0138. The highest BCUT2D eigenvalue weighted by Gasteiger charge is 2.25. The van der Waals surface area contributed by atoms with Gasteiger partial charge in [-0.25, -0.2) is 0 Å². The third kappa shape index (κ3) is 3.51. The van der Waals surface area contributed by atoms with E-state index >= 15 is 0 Å². The van der Waals surface area contributed by atoms with Crippen molar-refractivity contribution in [2.75, 3.05) is 19.6 Å². The Morgan fingerprint density at radius 1 is 1.36 bits per heavy atom. The fourth-order valence-electron chi connectivity index (χ4n) is 2.50. The summed E-state index contributed by atoms with van der Waals surface area (Å²) in [6, 6.07) is 9.89. The van der Waals surface area contributed by atoms with Crippen LogP contribution in [0.15, 0.2) is 34.8 Å². The maximum absolute atomic E-state index is 12.5. The van der Waals surface area contributed by atoms with Crippen molar-refractivity contribution in [3.05, 3.63) is 40.5 Å². The van der Waals surface area contributed by atoms with Gasteiger partial charge in [0.2, 0.25) is 0 Å². The van der Waals surface area contributed by atoms with E-state index in [1.165, 1.54) is 0 Å². The van der Waals surface area contributed by atoms with Gasteiger partial charge < -0.3 is 10.2 Å². The molecule has 1 aliphatic heterocycles. The Morgan fingerprint density at radius 2 is 2.09 bits per heavy atom. The number of benzene rings is 1. The Kier molecular flexibility index (Phi) is 5.61. The Bertz CT molecular complexity index is 643. The molecule has 5 nitrogen and oxygen atoms in total. The fraction of sp³-hybridized carbons (Fsp3) is 0.333. The van der Waals surface area contributed by atoms with Gasteiger partial charge in [-0.3, -0.25) is 9.89 Å². The van der Waals surface area contributed by atoms with Crippen molar-refractivity contribution in [1.82, 2.24) is 20.4 Å². The first-order valence-electron chi connectivity index (χ1n) is 6.98. The van der Waals surface area contributed by atoms with Crippen molar-refractivity contribution < 1.29 is 4.79 Å². The lowest BCUT2D eigenvalue weighted by atomic mass is 10.1. The van der Waals surface area contributed by atoms with Gasteiger partial charge in [0.1, 0.15) is 5.69 Å². The number of carbonyl (C=O) groups is 1. The molecule has 1 aromatic carbocycles.